The number of para-hydroxylation sites is 2. The van der Waals surface area contributed by atoms with Crippen LogP contribution in [0.4, 0.5) is 5.69 Å². The second kappa shape index (κ2) is 4.77. The number of hydrogen-bond acceptors (Lipinski definition) is 7. The minimum absolute atomic E-state index is 0.134. The molecule has 2 heterocycles. The first kappa shape index (κ1) is 11.2. The molecule has 3 N–H and O–H groups in total. The Morgan fingerprint density at radius 1 is 1.32 bits per heavy atom. The van der Waals surface area contributed by atoms with Crippen LogP contribution < -0.4 is 10.5 Å². The van der Waals surface area contributed by atoms with E-state index in [1.54, 1.807) is 12.1 Å². The van der Waals surface area contributed by atoms with Gasteiger partial charge in [-0.2, -0.15) is 10.1 Å². The summed E-state index contributed by atoms with van der Waals surface area (Å²) in [5.74, 6) is 1.67. The summed E-state index contributed by atoms with van der Waals surface area (Å²) in [7, 11) is 0. The van der Waals surface area contributed by atoms with Gasteiger partial charge in [-0.3, -0.25) is 5.10 Å². The lowest BCUT2D eigenvalue weighted by Crippen LogP contribution is -1.98. The normalized spacial score (nSPS) is 10.5. The largest absolute Gasteiger partial charge is 0.482 e. The van der Waals surface area contributed by atoms with Crippen LogP contribution in [0.5, 0.6) is 5.75 Å². The number of H-pyrrole nitrogens is 1. The van der Waals surface area contributed by atoms with E-state index in [-0.39, 0.29) is 6.61 Å². The number of hydrogen-bond donors (Lipinski definition) is 2. The van der Waals surface area contributed by atoms with Crippen molar-refractivity contribution in [2.75, 3.05) is 5.73 Å². The smallest absolute Gasteiger partial charge is 0.264 e. The Bertz CT molecular complexity index is 663. The summed E-state index contributed by atoms with van der Waals surface area (Å²) in [5.41, 5.74) is 6.31. The fraction of sp³-hybridized carbons (Fsp3) is 0.0909. The van der Waals surface area contributed by atoms with E-state index in [4.69, 9.17) is 15.0 Å². The number of nitrogen functional groups attached to an aromatic ring is 1. The van der Waals surface area contributed by atoms with Gasteiger partial charge in [-0.1, -0.05) is 17.3 Å². The van der Waals surface area contributed by atoms with Gasteiger partial charge in [0, 0.05) is 0 Å². The molecule has 0 spiro atoms. The number of aromatic amines is 1. The highest BCUT2D eigenvalue weighted by Gasteiger charge is 2.11. The quantitative estimate of drug-likeness (QED) is 0.671. The molecule has 3 aromatic rings. The molecule has 8 heteroatoms. The number of aromatic nitrogens is 5. The van der Waals surface area contributed by atoms with Crippen LogP contribution >= 0.6 is 0 Å². The third-order valence-electron chi connectivity index (χ3n) is 2.37. The molecular formula is C11H10N6O2. The zero-order chi connectivity index (χ0) is 13.1. The highest BCUT2D eigenvalue weighted by atomic mass is 16.5. The van der Waals surface area contributed by atoms with Crippen LogP contribution in [0.25, 0.3) is 11.6 Å². The molecule has 0 aliphatic carbocycles. The molecule has 0 saturated carbocycles. The van der Waals surface area contributed by atoms with Crippen molar-refractivity contribution in [3.63, 3.8) is 0 Å². The number of anilines is 1. The van der Waals surface area contributed by atoms with E-state index in [9.17, 15) is 0 Å². The first-order valence-corrected chi connectivity index (χ1v) is 5.48. The minimum Gasteiger partial charge on any atom is -0.482 e. The van der Waals surface area contributed by atoms with Gasteiger partial charge in [0.15, 0.2) is 12.4 Å². The van der Waals surface area contributed by atoms with Crippen LogP contribution in [-0.4, -0.2) is 25.3 Å². The molecule has 0 saturated heterocycles. The standard InChI is InChI=1S/C11H10N6O2/c12-7-3-1-2-4-8(7)18-5-9-15-11(17-19-9)10-13-6-14-16-10/h1-4,6H,5,12H2,(H,13,14,16). The highest BCUT2D eigenvalue weighted by Crippen LogP contribution is 2.21. The van der Waals surface area contributed by atoms with Gasteiger partial charge in [-0.05, 0) is 12.1 Å². The number of rotatable bonds is 4. The molecule has 2 aromatic heterocycles. The molecular weight excluding hydrogens is 248 g/mol. The summed E-state index contributed by atoms with van der Waals surface area (Å²) >= 11 is 0. The Balaban J connectivity index is 1.70. The molecule has 96 valence electrons. The van der Waals surface area contributed by atoms with E-state index in [0.717, 1.165) is 0 Å². The molecule has 1 aromatic carbocycles. The summed E-state index contributed by atoms with van der Waals surface area (Å²) in [5, 5.41) is 10.1. The van der Waals surface area contributed by atoms with Crippen molar-refractivity contribution < 1.29 is 9.26 Å². The predicted molar refractivity (Wildman–Crippen MR) is 64.9 cm³/mol. The number of ether oxygens (including phenoxy) is 1. The Kier molecular flexibility index (Phi) is 2.81. The second-order valence-electron chi connectivity index (χ2n) is 3.67. The zero-order valence-corrected chi connectivity index (χ0v) is 9.78. The van der Waals surface area contributed by atoms with Crippen LogP contribution in [0.15, 0.2) is 35.1 Å². The van der Waals surface area contributed by atoms with E-state index in [2.05, 4.69) is 25.3 Å². The summed E-state index contributed by atoms with van der Waals surface area (Å²) in [4.78, 5) is 8.04. The summed E-state index contributed by atoms with van der Waals surface area (Å²) in [6.07, 6.45) is 1.37. The monoisotopic (exact) mass is 258 g/mol. The average Bonchev–Trinajstić information content (AvgIpc) is 3.09. The highest BCUT2D eigenvalue weighted by molar-refractivity contribution is 5.51. The number of nitrogens with zero attached hydrogens (tertiary/aromatic N) is 4. The van der Waals surface area contributed by atoms with E-state index in [0.29, 0.717) is 29.0 Å². The molecule has 3 rings (SSSR count). The summed E-state index contributed by atoms with van der Waals surface area (Å²) in [6.45, 7) is 0.134. The van der Waals surface area contributed by atoms with Crippen molar-refractivity contribution in [2.45, 2.75) is 6.61 Å². The van der Waals surface area contributed by atoms with E-state index >= 15 is 0 Å². The van der Waals surface area contributed by atoms with Crippen LogP contribution in [0.1, 0.15) is 5.89 Å². The summed E-state index contributed by atoms with van der Waals surface area (Å²) in [6, 6.07) is 7.18. The zero-order valence-electron chi connectivity index (χ0n) is 9.78. The van der Waals surface area contributed by atoms with Crippen molar-refractivity contribution in [3.8, 4) is 17.4 Å². The SMILES string of the molecule is Nc1ccccc1OCc1nc(-c2ncn[nH]2)no1. The Morgan fingerprint density at radius 3 is 3.00 bits per heavy atom. The van der Waals surface area contributed by atoms with Crippen molar-refractivity contribution in [3.05, 3.63) is 36.5 Å². The van der Waals surface area contributed by atoms with Gasteiger partial charge in [0.1, 0.15) is 12.1 Å². The lowest BCUT2D eigenvalue weighted by atomic mass is 10.3. The molecule has 0 fully saturated rings. The van der Waals surface area contributed by atoms with Gasteiger partial charge >= 0.3 is 0 Å². The maximum Gasteiger partial charge on any atom is 0.264 e. The van der Waals surface area contributed by atoms with Gasteiger partial charge < -0.3 is 15.0 Å². The van der Waals surface area contributed by atoms with E-state index < -0.39 is 0 Å². The maximum atomic E-state index is 5.75. The molecule has 0 amide bonds. The fourth-order valence-corrected chi connectivity index (χ4v) is 1.47. The molecule has 0 aliphatic rings. The molecule has 8 nitrogen and oxygen atoms in total. The first-order valence-electron chi connectivity index (χ1n) is 5.48. The Hall–Kier alpha value is -2.90. The van der Waals surface area contributed by atoms with Crippen molar-refractivity contribution in [1.82, 2.24) is 25.3 Å². The van der Waals surface area contributed by atoms with Crippen LogP contribution in [0.2, 0.25) is 0 Å². The molecule has 0 radical (unpaired) electrons. The third kappa shape index (κ3) is 2.37. The number of nitrogens with one attached hydrogen (secondary N) is 1. The minimum atomic E-state index is 0.134. The van der Waals surface area contributed by atoms with Crippen molar-refractivity contribution in [2.24, 2.45) is 0 Å². The van der Waals surface area contributed by atoms with Crippen molar-refractivity contribution >= 4 is 5.69 Å². The number of benzene rings is 1. The summed E-state index contributed by atoms with van der Waals surface area (Å²) < 4.78 is 10.5. The average molecular weight is 258 g/mol. The van der Waals surface area contributed by atoms with E-state index in [1.807, 2.05) is 12.1 Å². The van der Waals surface area contributed by atoms with Crippen molar-refractivity contribution in [1.29, 1.82) is 0 Å². The first-order chi connectivity index (χ1) is 9.33. The van der Waals surface area contributed by atoms with Gasteiger partial charge in [0.05, 0.1) is 5.69 Å². The third-order valence-corrected chi connectivity index (χ3v) is 2.37. The predicted octanol–water partition coefficient (Wildman–Crippen LogP) is 1.02. The topological polar surface area (TPSA) is 116 Å². The van der Waals surface area contributed by atoms with Crippen LogP contribution in [0.3, 0.4) is 0 Å². The Morgan fingerprint density at radius 2 is 2.21 bits per heavy atom. The van der Waals surface area contributed by atoms with Gasteiger partial charge in [-0.25, -0.2) is 4.98 Å². The Labute approximate surface area is 107 Å². The van der Waals surface area contributed by atoms with Gasteiger partial charge in [0.2, 0.25) is 5.82 Å². The van der Waals surface area contributed by atoms with Crippen LogP contribution in [0, 0.1) is 0 Å². The maximum absolute atomic E-state index is 5.75. The van der Waals surface area contributed by atoms with Crippen LogP contribution in [-0.2, 0) is 6.61 Å². The lowest BCUT2D eigenvalue weighted by Gasteiger charge is -2.05. The molecule has 0 bridgehead atoms. The molecule has 19 heavy (non-hydrogen) atoms. The fourth-order valence-electron chi connectivity index (χ4n) is 1.47. The molecule has 0 atom stereocenters. The second-order valence-corrected chi connectivity index (χ2v) is 3.67. The lowest BCUT2D eigenvalue weighted by molar-refractivity contribution is 0.244. The van der Waals surface area contributed by atoms with Gasteiger partial charge in [-0.15, -0.1) is 0 Å². The number of nitrogens with two attached hydrogens (primary N) is 1. The molecule has 0 unspecified atom stereocenters. The van der Waals surface area contributed by atoms with Gasteiger partial charge in [0.25, 0.3) is 5.89 Å². The van der Waals surface area contributed by atoms with E-state index in [1.165, 1.54) is 6.33 Å². The molecule has 0 aliphatic heterocycles.